The van der Waals surface area contributed by atoms with Gasteiger partial charge < -0.3 is 14.6 Å². The van der Waals surface area contributed by atoms with E-state index in [0.717, 1.165) is 18.4 Å². The van der Waals surface area contributed by atoms with Crippen LogP contribution in [0, 0.1) is 0 Å². The number of aromatic hydroxyl groups is 1. The molecule has 0 fully saturated rings. The second-order valence-corrected chi connectivity index (χ2v) is 3.81. The van der Waals surface area contributed by atoms with Crippen molar-refractivity contribution in [3.63, 3.8) is 0 Å². The predicted molar refractivity (Wildman–Crippen MR) is 64.4 cm³/mol. The summed E-state index contributed by atoms with van der Waals surface area (Å²) in [6.45, 7) is 2.18. The number of ether oxygens (including phenoxy) is 2. The molecule has 3 heteroatoms. The topological polar surface area (TPSA) is 38.7 Å². The first-order chi connectivity index (χ1) is 7.72. The van der Waals surface area contributed by atoms with E-state index in [1.54, 1.807) is 14.2 Å². The molecule has 0 saturated carbocycles. The van der Waals surface area contributed by atoms with E-state index in [1.165, 1.54) is 12.8 Å². The van der Waals surface area contributed by atoms with Crippen molar-refractivity contribution in [1.29, 1.82) is 0 Å². The number of hydrogen-bond acceptors (Lipinski definition) is 3. The summed E-state index contributed by atoms with van der Waals surface area (Å²) in [5.41, 5.74) is 1.14. The lowest BCUT2D eigenvalue weighted by Crippen LogP contribution is -1.93. The number of hydrogen-bond donors (Lipinski definition) is 1. The fourth-order valence-electron chi connectivity index (χ4n) is 1.67. The maximum atomic E-state index is 9.73. The molecule has 0 bridgehead atoms. The lowest BCUT2D eigenvalue weighted by atomic mass is 10.1. The van der Waals surface area contributed by atoms with Crippen molar-refractivity contribution in [1.82, 2.24) is 0 Å². The third-order valence-electron chi connectivity index (χ3n) is 2.61. The molecule has 0 aliphatic heterocycles. The Morgan fingerprint density at radius 1 is 1.06 bits per heavy atom. The summed E-state index contributed by atoms with van der Waals surface area (Å²) in [4.78, 5) is 0. The number of benzene rings is 1. The molecule has 0 aliphatic carbocycles. The van der Waals surface area contributed by atoms with Crippen LogP contribution in [0.1, 0.15) is 31.7 Å². The normalized spacial score (nSPS) is 10.2. The summed E-state index contributed by atoms with van der Waals surface area (Å²) >= 11 is 0. The van der Waals surface area contributed by atoms with E-state index < -0.39 is 0 Å². The van der Waals surface area contributed by atoms with Crippen molar-refractivity contribution in [3.05, 3.63) is 17.7 Å². The van der Waals surface area contributed by atoms with Crippen molar-refractivity contribution in [2.75, 3.05) is 14.2 Å². The summed E-state index contributed by atoms with van der Waals surface area (Å²) in [6, 6.07) is 3.74. The lowest BCUT2D eigenvalue weighted by molar-refractivity contribution is 0.339. The van der Waals surface area contributed by atoms with Gasteiger partial charge in [0.2, 0.25) is 5.75 Å². The highest BCUT2D eigenvalue weighted by Crippen LogP contribution is 2.37. The Morgan fingerprint density at radius 2 is 1.62 bits per heavy atom. The molecule has 90 valence electrons. The predicted octanol–water partition coefficient (Wildman–Crippen LogP) is 3.14. The third-order valence-corrected chi connectivity index (χ3v) is 2.61. The Balaban J connectivity index is 2.84. The van der Waals surface area contributed by atoms with E-state index in [9.17, 15) is 5.11 Å². The maximum Gasteiger partial charge on any atom is 0.200 e. The zero-order valence-corrected chi connectivity index (χ0v) is 10.2. The minimum absolute atomic E-state index is 0.0734. The Labute approximate surface area is 97.0 Å². The molecule has 1 aromatic carbocycles. The summed E-state index contributed by atoms with van der Waals surface area (Å²) < 4.78 is 10.2. The minimum Gasteiger partial charge on any atom is -0.502 e. The molecule has 0 amide bonds. The van der Waals surface area contributed by atoms with Crippen molar-refractivity contribution in [3.8, 4) is 17.2 Å². The van der Waals surface area contributed by atoms with E-state index in [-0.39, 0.29) is 5.75 Å². The van der Waals surface area contributed by atoms with Gasteiger partial charge in [0.1, 0.15) is 0 Å². The zero-order valence-electron chi connectivity index (χ0n) is 10.2. The quantitative estimate of drug-likeness (QED) is 0.754. The largest absolute Gasteiger partial charge is 0.502 e. The Kier molecular flexibility index (Phi) is 4.96. The molecule has 0 atom stereocenters. The van der Waals surface area contributed by atoms with Gasteiger partial charge >= 0.3 is 0 Å². The van der Waals surface area contributed by atoms with Crippen molar-refractivity contribution in [2.24, 2.45) is 0 Å². The summed E-state index contributed by atoms with van der Waals surface area (Å²) in [5.74, 6) is 1.03. The molecule has 0 radical (unpaired) electrons. The fourth-order valence-corrected chi connectivity index (χ4v) is 1.67. The molecule has 1 rings (SSSR count). The molecule has 16 heavy (non-hydrogen) atoms. The average Bonchev–Trinajstić information content (AvgIpc) is 2.31. The first-order valence-corrected chi connectivity index (χ1v) is 5.66. The SMILES string of the molecule is CCCCCc1cc(OC)c(O)c(OC)c1. The number of methoxy groups -OCH3 is 2. The van der Waals surface area contributed by atoms with Gasteiger partial charge in [0.15, 0.2) is 11.5 Å². The Bertz CT molecular complexity index is 309. The van der Waals surface area contributed by atoms with E-state index >= 15 is 0 Å². The maximum absolute atomic E-state index is 9.73. The number of phenols is 1. The lowest BCUT2D eigenvalue weighted by Gasteiger charge is -2.11. The van der Waals surface area contributed by atoms with Gasteiger partial charge in [-0.25, -0.2) is 0 Å². The summed E-state index contributed by atoms with van der Waals surface area (Å²) in [6.07, 6.45) is 4.55. The van der Waals surface area contributed by atoms with Gasteiger partial charge in [-0.2, -0.15) is 0 Å². The van der Waals surface area contributed by atoms with Crippen LogP contribution in [0.5, 0.6) is 17.2 Å². The average molecular weight is 224 g/mol. The van der Waals surface area contributed by atoms with Crippen LogP contribution in [-0.4, -0.2) is 19.3 Å². The van der Waals surface area contributed by atoms with Gasteiger partial charge in [-0.15, -0.1) is 0 Å². The molecular weight excluding hydrogens is 204 g/mol. The zero-order chi connectivity index (χ0) is 12.0. The monoisotopic (exact) mass is 224 g/mol. The van der Waals surface area contributed by atoms with Gasteiger partial charge in [-0.1, -0.05) is 19.8 Å². The van der Waals surface area contributed by atoms with Crippen LogP contribution in [0.15, 0.2) is 12.1 Å². The standard InChI is InChI=1S/C13H20O3/c1-4-5-6-7-10-8-11(15-2)13(14)12(9-10)16-3/h8-9,14H,4-7H2,1-3H3. The second-order valence-electron chi connectivity index (χ2n) is 3.81. The molecule has 0 aromatic heterocycles. The third kappa shape index (κ3) is 3.05. The van der Waals surface area contributed by atoms with E-state index in [4.69, 9.17) is 9.47 Å². The van der Waals surface area contributed by atoms with Gasteiger partial charge in [-0.05, 0) is 30.5 Å². The molecule has 0 aliphatic rings. The smallest absolute Gasteiger partial charge is 0.200 e. The van der Waals surface area contributed by atoms with Crippen molar-refractivity contribution >= 4 is 0 Å². The number of unbranched alkanes of at least 4 members (excludes halogenated alkanes) is 2. The summed E-state index contributed by atoms with van der Waals surface area (Å²) in [7, 11) is 3.09. The van der Waals surface area contributed by atoms with Crippen molar-refractivity contribution in [2.45, 2.75) is 32.6 Å². The van der Waals surface area contributed by atoms with Crippen molar-refractivity contribution < 1.29 is 14.6 Å². The molecule has 0 unspecified atom stereocenters. The summed E-state index contributed by atoms with van der Waals surface area (Å²) in [5, 5.41) is 9.73. The van der Waals surface area contributed by atoms with Gasteiger partial charge in [0, 0.05) is 0 Å². The molecular formula is C13H20O3. The number of aryl methyl sites for hydroxylation is 1. The van der Waals surface area contributed by atoms with Gasteiger partial charge in [-0.3, -0.25) is 0 Å². The number of phenolic OH excluding ortho intramolecular Hbond substituents is 1. The molecule has 0 saturated heterocycles. The van der Waals surface area contributed by atoms with E-state index in [2.05, 4.69) is 6.92 Å². The Morgan fingerprint density at radius 3 is 2.06 bits per heavy atom. The molecule has 0 heterocycles. The fraction of sp³-hybridized carbons (Fsp3) is 0.538. The van der Waals surface area contributed by atoms with E-state index in [0.29, 0.717) is 11.5 Å². The van der Waals surface area contributed by atoms with Crippen LogP contribution in [0.2, 0.25) is 0 Å². The van der Waals surface area contributed by atoms with Crippen LogP contribution < -0.4 is 9.47 Å². The molecule has 0 spiro atoms. The first kappa shape index (κ1) is 12.7. The highest BCUT2D eigenvalue weighted by atomic mass is 16.5. The molecule has 1 aromatic rings. The van der Waals surface area contributed by atoms with Crippen LogP contribution in [-0.2, 0) is 6.42 Å². The first-order valence-electron chi connectivity index (χ1n) is 5.66. The Hall–Kier alpha value is -1.38. The van der Waals surface area contributed by atoms with Crippen LogP contribution >= 0.6 is 0 Å². The second kappa shape index (κ2) is 6.26. The molecule has 1 N–H and O–H groups in total. The minimum atomic E-state index is 0.0734. The molecule has 3 nitrogen and oxygen atoms in total. The van der Waals surface area contributed by atoms with Crippen LogP contribution in [0.25, 0.3) is 0 Å². The van der Waals surface area contributed by atoms with Gasteiger partial charge in [0.25, 0.3) is 0 Å². The number of rotatable bonds is 6. The van der Waals surface area contributed by atoms with Crippen LogP contribution in [0.3, 0.4) is 0 Å². The van der Waals surface area contributed by atoms with Crippen LogP contribution in [0.4, 0.5) is 0 Å². The van der Waals surface area contributed by atoms with E-state index in [1.807, 2.05) is 12.1 Å². The van der Waals surface area contributed by atoms with Gasteiger partial charge in [0.05, 0.1) is 14.2 Å². The highest BCUT2D eigenvalue weighted by Gasteiger charge is 2.10. The highest BCUT2D eigenvalue weighted by molar-refractivity contribution is 5.52.